The second-order valence-corrected chi connectivity index (χ2v) is 9.92. The lowest BCUT2D eigenvalue weighted by atomic mass is 10.1. The molecule has 0 radical (unpaired) electrons. The van der Waals surface area contributed by atoms with Crippen LogP contribution in [0.1, 0.15) is 31.3 Å². The summed E-state index contributed by atoms with van der Waals surface area (Å²) in [6, 6.07) is 16.5. The van der Waals surface area contributed by atoms with Gasteiger partial charge >= 0.3 is 11.8 Å². The van der Waals surface area contributed by atoms with Crippen LogP contribution < -0.4 is 10.4 Å². The molecule has 2 heterocycles. The number of carbonyl (C=O) groups is 2. The van der Waals surface area contributed by atoms with Crippen LogP contribution in [-0.4, -0.2) is 83.5 Å². The molecule has 0 atom stereocenters. The SMILES string of the molecule is COCCOc1ccccc1-n1c(-c2ccccc2)c(C(=O)N2CCN(C(=O)OC(C)(C)C)CC2)[nH]c1=O. The molecule has 1 fully saturated rings. The number of amides is 2. The zero-order valence-electron chi connectivity index (χ0n) is 22.2. The molecule has 0 spiro atoms. The highest BCUT2D eigenvalue weighted by molar-refractivity contribution is 5.99. The van der Waals surface area contributed by atoms with Crippen molar-refractivity contribution >= 4 is 12.0 Å². The Morgan fingerprint density at radius 3 is 2.18 bits per heavy atom. The molecule has 0 bridgehead atoms. The van der Waals surface area contributed by atoms with Gasteiger partial charge in [-0.05, 0) is 32.9 Å². The van der Waals surface area contributed by atoms with E-state index in [4.69, 9.17) is 14.2 Å². The molecule has 10 nitrogen and oxygen atoms in total. The molecule has 1 aliphatic heterocycles. The summed E-state index contributed by atoms with van der Waals surface area (Å²) in [5.41, 5.74) is 0.783. The van der Waals surface area contributed by atoms with E-state index in [-0.39, 0.29) is 11.6 Å². The molecule has 202 valence electrons. The molecular weight excluding hydrogens is 488 g/mol. The normalized spacial score (nSPS) is 13.9. The Balaban J connectivity index is 1.67. The molecule has 38 heavy (non-hydrogen) atoms. The molecular formula is C28H34N4O6. The zero-order valence-corrected chi connectivity index (χ0v) is 22.2. The van der Waals surface area contributed by atoms with Crippen LogP contribution in [0.3, 0.4) is 0 Å². The topological polar surface area (TPSA) is 106 Å². The van der Waals surface area contributed by atoms with Crippen LogP contribution in [0.2, 0.25) is 0 Å². The van der Waals surface area contributed by atoms with Gasteiger partial charge in [0, 0.05) is 38.9 Å². The van der Waals surface area contributed by atoms with E-state index >= 15 is 0 Å². The van der Waals surface area contributed by atoms with Crippen molar-refractivity contribution in [1.82, 2.24) is 19.4 Å². The lowest BCUT2D eigenvalue weighted by Gasteiger charge is -2.35. The van der Waals surface area contributed by atoms with Crippen LogP contribution >= 0.6 is 0 Å². The second kappa shape index (κ2) is 11.6. The van der Waals surface area contributed by atoms with E-state index in [0.29, 0.717) is 62.1 Å². The van der Waals surface area contributed by atoms with Gasteiger partial charge in [-0.3, -0.25) is 9.36 Å². The summed E-state index contributed by atoms with van der Waals surface area (Å²) >= 11 is 0. The lowest BCUT2D eigenvalue weighted by Crippen LogP contribution is -2.51. The van der Waals surface area contributed by atoms with E-state index in [1.54, 1.807) is 29.0 Å². The van der Waals surface area contributed by atoms with Gasteiger partial charge in [0.2, 0.25) is 0 Å². The summed E-state index contributed by atoms with van der Waals surface area (Å²) in [5.74, 6) is 0.175. The fourth-order valence-corrected chi connectivity index (χ4v) is 4.27. The van der Waals surface area contributed by atoms with Crippen LogP contribution in [0.4, 0.5) is 4.79 Å². The third-order valence-corrected chi connectivity index (χ3v) is 6.03. The first-order valence-corrected chi connectivity index (χ1v) is 12.6. The van der Waals surface area contributed by atoms with Gasteiger partial charge in [0.05, 0.1) is 18.0 Å². The lowest BCUT2D eigenvalue weighted by molar-refractivity contribution is 0.0140. The molecule has 2 aromatic carbocycles. The number of ether oxygens (including phenoxy) is 3. The van der Waals surface area contributed by atoms with Gasteiger partial charge in [-0.25, -0.2) is 9.59 Å². The van der Waals surface area contributed by atoms with Crippen LogP contribution in [0.25, 0.3) is 16.9 Å². The average molecular weight is 523 g/mol. The minimum absolute atomic E-state index is 0.179. The summed E-state index contributed by atoms with van der Waals surface area (Å²) in [7, 11) is 1.59. The first kappa shape index (κ1) is 27.0. The monoisotopic (exact) mass is 522 g/mol. The standard InChI is InChI=1S/C28H34N4O6/c1-28(2,3)38-27(35)31-16-14-30(15-17-31)25(33)23-24(20-10-6-5-7-11-20)32(26(34)29-23)21-12-8-9-13-22(21)37-19-18-36-4/h5-13H,14-19H2,1-4H3,(H,29,34). The number of aromatic nitrogens is 2. The summed E-state index contributed by atoms with van der Waals surface area (Å²) in [6.45, 7) is 7.45. The molecule has 3 aromatic rings. The van der Waals surface area contributed by atoms with Crippen molar-refractivity contribution in [3.8, 4) is 22.7 Å². The van der Waals surface area contributed by atoms with E-state index < -0.39 is 17.4 Å². The van der Waals surface area contributed by atoms with Crippen molar-refractivity contribution in [2.24, 2.45) is 0 Å². The third kappa shape index (κ3) is 6.08. The highest BCUT2D eigenvalue weighted by atomic mass is 16.6. The van der Waals surface area contributed by atoms with E-state index in [1.165, 1.54) is 4.57 Å². The maximum absolute atomic E-state index is 13.8. The van der Waals surface area contributed by atoms with E-state index in [2.05, 4.69) is 4.98 Å². The first-order chi connectivity index (χ1) is 18.2. The van der Waals surface area contributed by atoms with Crippen molar-refractivity contribution in [3.05, 3.63) is 70.8 Å². The zero-order chi connectivity index (χ0) is 27.3. The predicted molar refractivity (Wildman–Crippen MR) is 143 cm³/mol. The number of para-hydroxylation sites is 2. The molecule has 0 aliphatic carbocycles. The quantitative estimate of drug-likeness (QED) is 0.476. The molecule has 1 aliphatic rings. The Labute approximate surface area is 221 Å². The van der Waals surface area contributed by atoms with Gasteiger partial charge in [0.1, 0.15) is 23.7 Å². The molecule has 10 heteroatoms. The number of methoxy groups -OCH3 is 1. The van der Waals surface area contributed by atoms with Crippen molar-refractivity contribution in [2.45, 2.75) is 26.4 Å². The van der Waals surface area contributed by atoms with Crippen molar-refractivity contribution in [3.63, 3.8) is 0 Å². The Bertz CT molecular complexity index is 1320. The minimum atomic E-state index is -0.597. The second-order valence-electron chi connectivity index (χ2n) is 9.92. The van der Waals surface area contributed by atoms with Crippen molar-refractivity contribution < 1.29 is 23.8 Å². The number of benzene rings is 2. The molecule has 0 unspecified atom stereocenters. The Kier molecular flexibility index (Phi) is 8.21. The maximum Gasteiger partial charge on any atom is 0.410 e. The van der Waals surface area contributed by atoms with Gasteiger partial charge in [-0.15, -0.1) is 0 Å². The molecule has 2 amide bonds. The van der Waals surface area contributed by atoms with Crippen LogP contribution in [0, 0.1) is 0 Å². The summed E-state index contributed by atoms with van der Waals surface area (Å²) in [5, 5.41) is 0. The van der Waals surface area contributed by atoms with Crippen molar-refractivity contribution in [1.29, 1.82) is 0 Å². The van der Waals surface area contributed by atoms with Gasteiger partial charge in [0.15, 0.2) is 0 Å². The Morgan fingerprint density at radius 1 is 0.895 bits per heavy atom. The number of rotatable bonds is 7. The fraction of sp³-hybridized carbons (Fsp3) is 0.393. The maximum atomic E-state index is 13.8. The van der Waals surface area contributed by atoms with E-state index in [1.807, 2.05) is 63.2 Å². The van der Waals surface area contributed by atoms with Crippen LogP contribution in [0.5, 0.6) is 5.75 Å². The van der Waals surface area contributed by atoms with E-state index in [0.717, 1.165) is 0 Å². The Morgan fingerprint density at radius 2 is 1.53 bits per heavy atom. The number of H-pyrrole nitrogens is 1. The van der Waals surface area contributed by atoms with Crippen molar-refractivity contribution in [2.75, 3.05) is 46.5 Å². The van der Waals surface area contributed by atoms with Crippen LogP contribution in [-0.2, 0) is 9.47 Å². The smallest absolute Gasteiger partial charge is 0.410 e. The summed E-state index contributed by atoms with van der Waals surface area (Å²) in [4.78, 5) is 45.6. The Hall–Kier alpha value is -4.05. The highest BCUT2D eigenvalue weighted by Crippen LogP contribution is 2.30. The average Bonchev–Trinajstić information content (AvgIpc) is 3.25. The molecule has 1 N–H and O–H groups in total. The number of aromatic amines is 1. The molecule has 1 aromatic heterocycles. The van der Waals surface area contributed by atoms with Gasteiger partial charge in [-0.2, -0.15) is 0 Å². The third-order valence-electron chi connectivity index (χ3n) is 6.03. The number of imidazole rings is 1. The number of nitrogens with one attached hydrogen (secondary N) is 1. The van der Waals surface area contributed by atoms with Crippen LogP contribution in [0.15, 0.2) is 59.4 Å². The molecule has 1 saturated heterocycles. The number of nitrogens with zero attached hydrogens (tertiary/aromatic N) is 3. The summed E-state index contributed by atoms with van der Waals surface area (Å²) < 4.78 is 17.9. The van der Waals surface area contributed by atoms with Gasteiger partial charge in [0.25, 0.3) is 5.91 Å². The predicted octanol–water partition coefficient (Wildman–Crippen LogP) is 3.55. The summed E-state index contributed by atoms with van der Waals surface area (Å²) in [6.07, 6.45) is -0.404. The fourth-order valence-electron chi connectivity index (χ4n) is 4.27. The number of hydrogen-bond acceptors (Lipinski definition) is 6. The molecule has 4 rings (SSSR count). The number of carbonyl (C=O) groups excluding carboxylic acids is 2. The minimum Gasteiger partial charge on any atom is -0.489 e. The highest BCUT2D eigenvalue weighted by Gasteiger charge is 2.31. The van der Waals surface area contributed by atoms with Gasteiger partial charge < -0.3 is 29.0 Å². The van der Waals surface area contributed by atoms with E-state index in [9.17, 15) is 14.4 Å². The largest absolute Gasteiger partial charge is 0.489 e. The first-order valence-electron chi connectivity index (χ1n) is 12.6. The van der Waals surface area contributed by atoms with Gasteiger partial charge in [-0.1, -0.05) is 42.5 Å². The number of piperazine rings is 1. The number of hydrogen-bond donors (Lipinski definition) is 1. The molecule has 0 saturated carbocycles.